The molecule has 2 aromatic heterocycles. The molecule has 0 unspecified atom stereocenters. The first-order chi connectivity index (χ1) is 12.5. The predicted molar refractivity (Wildman–Crippen MR) is 87.0 cm³/mol. The minimum Gasteiger partial charge on any atom is -0.348 e. The third-order valence-electron chi connectivity index (χ3n) is 3.37. The second-order valence-electron chi connectivity index (χ2n) is 5.19. The lowest BCUT2D eigenvalue weighted by atomic mass is 10.2. The summed E-state index contributed by atoms with van der Waals surface area (Å²) in [5.74, 6) is -4.75. The van der Waals surface area contributed by atoms with E-state index in [0.717, 1.165) is 17.7 Å². The number of benzene rings is 1. The number of hydrogen-bond acceptors (Lipinski definition) is 5. The molecule has 26 heavy (non-hydrogen) atoms. The largest absolute Gasteiger partial charge is 0.348 e. The average Bonchev–Trinajstić information content (AvgIpc) is 2.68. The lowest BCUT2D eigenvalue weighted by molar-refractivity contribution is 0.0950. The van der Waals surface area contributed by atoms with Gasteiger partial charge in [0, 0.05) is 31.3 Å². The first kappa shape index (κ1) is 17.3. The predicted octanol–water partition coefficient (Wildman–Crippen LogP) is 2.96. The molecule has 0 saturated carbocycles. The third kappa shape index (κ3) is 3.94. The topological polar surface area (TPSA) is 79.8 Å². The summed E-state index contributed by atoms with van der Waals surface area (Å²) in [5, 5.41) is 5.10. The van der Waals surface area contributed by atoms with Gasteiger partial charge in [0.15, 0.2) is 17.5 Å². The monoisotopic (exact) mass is 359 g/mol. The Morgan fingerprint density at radius 1 is 1.00 bits per heavy atom. The second-order valence-corrected chi connectivity index (χ2v) is 5.19. The van der Waals surface area contributed by atoms with Crippen LogP contribution < -0.4 is 10.6 Å². The van der Waals surface area contributed by atoms with Crippen LogP contribution in [0.4, 0.5) is 24.8 Å². The van der Waals surface area contributed by atoms with Crippen LogP contribution in [-0.4, -0.2) is 20.9 Å². The van der Waals surface area contributed by atoms with Crippen molar-refractivity contribution in [1.82, 2.24) is 20.3 Å². The number of carbonyl (C=O) groups excluding carboxylic acids is 1. The summed E-state index contributed by atoms with van der Waals surface area (Å²) in [6.07, 6.45) is 5.71. The number of amides is 1. The number of hydrogen-bond donors (Lipinski definition) is 2. The normalized spacial score (nSPS) is 10.4. The van der Waals surface area contributed by atoms with Gasteiger partial charge in [0.2, 0.25) is 5.95 Å². The van der Waals surface area contributed by atoms with Crippen LogP contribution in [0.2, 0.25) is 0 Å². The number of rotatable bonds is 5. The molecule has 0 aliphatic carbocycles. The standard InChI is InChI=1S/C17H12F3N5O/c18-12-3-4-13(15(20)14(12)19)25-17-23-8-11(9-24-17)16(26)22-7-10-2-1-5-21-6-10/h1-6,8-9H,7H2,(H,22,26)(H,23,24,25). The van der Waals surface area contributed by atoms with Gasteiger partial charge in [-0.1, -0.05) is 6.07 Å². The van der Waals surface area contributed by atoms with Crippen LogP contribution in [0, 0.1) is 17.5 Å². The lowest BCUT2D eigenvalue weighted by Crippen LogP contribution is -2.23. The van der Waals surface area contributed by atoms with Gasteiger partial charge >= 0.3 is 0 Å². The number of pyridine rings is 1. The Morgan fingerprint density at radius 2 is 1.77 bits per heavy atom. The molecule has 0 aliphatic heterocycles. The number of nitrogens with zero attached hydrogens (tertiary/aromatic N) is 3. The van der Waals surface area contributed by atoms with E-state index in [4.69, 9.17) is 0 Å². The molecule has 6 nitrogen and oxygen atoms in total. The van der Waals surface area contributed by atoms with E-state index in [1.54, 1.807) is 18.5 Å². The maximum Gasteiger partial charge on any atom is 0.254 e. The first-order valence-corrected chi connectivity index (χ1v) is 7.44. The lowest BCUT2D eigenvalue weighted by Gasteiger charge is -2.08. The summed E-state index contributed by atoms with van der Waals surface area (Å²) in [6, 6.07) is 5.36. The maximum absolute atomic E-state index is 13.6. The van der Waals surface area contributed by atoms with Gasteiger partial charge < -0.3 is 10.6 Å². The quantitative estimate of drug-likeness (QED) is 0.685. The fraction of sp³-hybridized carbons (Fsp3) is 0.0588. The van der Waals surface area contributed by atoms with E-state index in [0.29, 0.717) is 0 Å². The van der Waals surface area contributed by atoms with Gasteiger partial charge in [0.1, 0.15) is 0 Å². The average molecular weight is 359 g/mol. The Labute approximate surface area is 146 Å². The molecule has 1 amide bonds. The Morgan fingerprint density at radius 3 is 2.46 bits per heavy atom. The molecule has 132 valence electrons. The van der Waals surface area contributed by atoms with E-state index < -0.39 is 23.4 Å². The summed E-state index contributed by atoms with van der Waals surface area (Å²) < 4.78 is 39.7. The summed E-state index contributed by atoms with van der Waals surface area (Å²) in [6.45, 7) is 0.284. The summed E-state index contributed by atoms with van der Waals surface area (Å²) >= 11 is 0. The molecule has 0 radical (unpaired) electrons. The van der Waals surface area contributed by atoms with Gasteiger partial charge in [-0.2, -0.15) is 0 Å². The molecular weight excluding hydrogens is 347 g/mol. The number of aromatic nitrogens is 3. The minimum atomic E-state index is -1.60. The number of anilines is 2. The highest BCUT2D eigenvalue weighted by atomic mass is 19.2. The zero-order valence-electron chi connectivity index (χ0n) is 13.2. The highest BCUT2D eigenvalue weighted by Crippen LogP contribution is 2.21. The molecule has 0 fully saturated rings. The Kier molecular flexibility index (Phi) is 5.07. The Bertz CT molecular complexity index is 920. The third-order valence-corrected chi connectivity index (χ3v) is 3.37. The van der Waals surface area contributed by atoms with E-state index in [1.807, 2.05) is 6.07 Å². The van der Waals surface area contributed by atoms with Gasteiger partial charge in [0.05, 0.1) is 11.3 Å². The van der Waals surface area contributed by atoms with E-state index in [1.165, 1.54) is 12.4 Å². The molecule has 3 aromatic rings. The van der Waals surface area contributed by atoms with E-state index in [2.05, 4.69) is 25.6 Å². The minimum absolute atomic E-state index is 0.0706. The van der Waals surface area contributed by atoms with E-state index in [-0.39, 0.29) is 23.7 Å². The van der Waals surface area contributed by atoms with Crippen molar-refractivity contribution < 1.29 is 18.0 Å². The highest BCUT2D eigenvalue weighted by molar-refractivity contribution is 5.93. The van der Waals surface area contributed by atoms with Crippen LogP contribution in [0.15, 0.2) is 49.1 Å². The van der Waals surface area contributed by atoms with Gasteiger partial charge in [-0.3, -0.25) is 9.78 Å². The zero-order valence-corrected chi connectivity index (χ0v) is 13.2. The van der Waals surface area contributed by atoms with Crippen LogP contribution in [-0.2, 0) is 6.54 Å². The van der Waals surface area contributed by atoms with Crippen molar-refractivity contribution in [2.24, 2.45) is 0 Å². The van der Waals surface area contributed by atoms with Gasteiger partial charge in [0.25, 0.3) is 5.91 Å². The van der Waals surface area contributed by atoms with E-state index >= 15 is 0 Å². The number of nitrogens with one attached hydrogen (secondary N) is 2. The van der Waals surface area contributed by atoms with Crippen molar-refractivity contribution in [3.63, 3.8) is 0 Å². The Balaban J connectivity index is 1.65. The maximum atomic E-state index is 13.6. The van der Waals surface area contributed by atoms with Crippen LogP contribution in [0.25, 0.3) is 0 Å². The van der Waals surface area contributed by atoms with Crippen molar-refractivity contribution in [3.05, 3.63) is 77.6 Å². The van der Waals surface area contributed by atoms with Crippen molar-refractivity contribution in [1.29, 1.82) is 0 Å². The molecule has 0 bridgehead atoms. The first-order valence-electron chi connectivity index (χ1n) is 7.44. The van der Waals surface area contributed by atoms with Crippen LogP contribution in [0.3, 0.4) is 0 Å². The van der Waals surface area contributed by atoms with Gasteiger partial charge in [-0.15, -0.1) is 0 Å². The molecule has 0 atom stereocenters. The van der Waals surface area contributed by atoms with Crippen molar-refractivity contribution >= 4 is 17.5 Å². The molecule has 0 aliphatic rings. The van der Waals surface area contributed by atoms with E-state index in [9.17, 15) is 18.0 Å². The fourth-order valence-corrected chi connectivity index (χ4v) is 2.04. The summed E-state index contributed by atoms with van der Waals surface area (Å²) in [7, 11) is 0. The molecule has 2 heterocycles. The molecule has 9 heteroatoms. The summed E-state index contributed by atoms with van der Waals surface area (Å²) in [4.78, 5) is 23.7. The summed E-state index contributed by atoms with van der Waals surface area (Å²) in [5.41, 5.74) is 0.691. The van der Waals surface area contributed by atoms with Crippen molar-refractivity contribution in [2.75, 3.05) is 5.32 Å². The van der Waals surface area contributed by atoms with Gasteiger partial charge in [-0.05, 0) is 23.8 Å². The fourth-order valence-electron chi connectivity index (χ4n) is 2.04. The molecule has 1 aromatic carbocycles. The van der Waals surface area contributed by atoms with Crippen LogP contribution >= 0.6 is 0 Å². The SMILES string of the molecule is O=C(NCc1cccnc1)c1cnc(Nc2ccc(F)c(F)c2F)nc1. The van der Waals surface area contributed by atoms with Gasteiger partial charge in [-0.25, -0.2) is 23.1 Å². The number of halogens is 3. The van der Waals surface area contributed by atoms with Crippen LogP contribution in [0.5, 0.6) is 0 Å². The molecule has 2 N–H and O–H groups in total. The second kappa shape index (κ2) is 7.60. The van der Waals surface area contributed by atoms with Crippen molar-refractivity contribution in [3.8, 4) is 0 Å². The Hall–Kier alpha value is -3.49. The molecule has 0 saturated heterocycles. The smallest absolute Gasteiger partial charge is 0.254 e. The molecular formula is C17H12F3N5O. The molecule has 0 spiro atoms. The van der Waals surface area contributed by atoms with Crippen LogP contribution in [0.1, 0.15) is 15.9 Å². The molecule has 3 rings (SSSR count). The van der Waals surface area contributed by atoms with Crippen molar-refractivity contribution in [2.45, 2.75) is 6.54 Å². The highest BCUT2D eigenvalue weighted by Gasteiger charge is 2.14. The zero-order chi connectivity index (χ0) is 18.5. The number of carbonyl (C=O) groups is 1.